The number of halogens is 2. The van der Waals surface area contributed by atoms with E-state index >= 15 is 0 Å². The van der Waals surface area contributed by atoms with Gasteiger partial charge in [0.2, 0.25) is 0 Å². The van der Waals surface area contributed by atoms with Crippen molar-refractivity contribution in [1.82, 2.24) is 9.88 Å². The molecule has 0 bridgehead atoms. The molecular weight excluding hydrogens is 338 g/mol. The van der Waals surface area contributed by atoms with E-state index in [0.717, 1.165) is 34.3 Å². The second kappa shape index (κ2) is 6.63. The van der Waals surface area contributed by atoms with E-state index in [9.17, 15) is 0 Å². The van der Waals surface area contributed by atoms with Gasteiger partial charge in [0.1, 0.15) is 5.82 Å². The van der Waals surface area contributed by atoms with Crippen LogP contribution < -0.4 is 4.90 Å². The van der Waals surface area contributed by atoms with Crippen molar-refractivity contribution in [2.24, 2.45) is 5.92 Å². The van der Waals surface area contributed by atoms with Gasteiger partial charge < -0.3 is 9.80 Å². The van der Waals surface area contributed by atoms with Crippen molar-refractivity contribution >= 4 is 33.3 Å². The van der Waals surface area contributed by atoms with Crippen LogP contribution in [0.15, 0.2) is 16.7 Å². The Hall–Kier alpha value is -0.320. The Labute approximate surface area is 134 Å². The molecule has 0 aromatic carbocycles. The maximum absolute atomic E-state index is 6.29. The van der Waals surface area contributed by atoms with E-state index in [2.05, 4.69) is 30.7 Å². The molecule has 0 unspecified atom stereocenters. The van der Waals surface area contributed by atoms with Crippen molar-refractivity contribution in [1.29, 1.82) is 0 Å². The number of rotatable bonds is 3. The molecule has 3 heterocycles. The highest BCUT2D eigenvalue weighted by Gasteiger charge is 2.24. The lowest BCUT2D eigenvalue weighted by molar-refractivity contribution is 0.249. The van der Waals surface area contributed by atoms with Gasteiger partial charge in [-0.15, -0.1) is 0 Å². The Bertz CT molecular complexity index is 454. The smallest absolute Gasteiger partial charge is 0.147 e. The van der Waals surface area contributed by atoms with Crippen LogP contribution in [0.25, 0.3) is 0 Å². The van der Waals surface area contributed by atoms with E-state index in [1.54, 1.807) is 0 Å². The second-order valence-electron chi connectivity index (χ2n) is 5.90. The molecule has 3 nitrogen and oxygen atoms in total. The average molecular weight is 359 g/mol. The summed E-state index contributed by atoms with van der Waals surface area (Å²) in [6.07, 6.45) is 7.11. The van der Waals surface area contributed by atoms with Crippen LogP contribution in [0.1, 0.15) is 25.7 Å². The Morgan fingerprint density at radius 1 is 1.20 bits per heavy atom. The van der Waals surface area contributed by atoms with Gasteiger partial charge in [-0.25, -0.2) is 4.98 Å². The fourth-order valence-electron chi connectivity index (χ4n) is 3.30. The molecule has 1 aromatic rings. The van der Waals surface area contributed by atoms with Gasteiger partial charge >= 0.3 is 0 Å². The van der Waals surface area contributed by atoms with Crippen molar-refractivity contribution in [3.63, 3.8) is 0 Å². The zero-order valence-corrected chi connectivity index (χ0v) is 14.0. The summed E-state index contributed by atoms with van der Waals surface area (Å²) in [5, 5.41) is 0.748. The monoisotopic (exact) mass is 357 g/mol. The molecule has 5 heteroatoms. The van der Waals surface area contributed by atoms with Gasteiger partial charge in [-0.1, -0.05) is 11.6 Å². The first kappa shape index (κ1) is 14.6. The Morgan fingerprint density at radius 2 is 1.90 bits per heavy atom. The van der Waals surface area contributed by atoms with E-state index in [0.29, 0.717) is 0 Å². The number of nitrogens with zero attached hydrogens (tertiary/aromatic N) is 3. The number of hydrogen-bond acceptors (Lipinski definition) is 3. The SMILES string of the molecule is Clc1cc(Br)cnc1N1CCC(CN2CCCC2)CC1. The van der Waals surface area contributed by atoms with Gasteiger partial charge in [-0.3, -0.25) is 0 Å². The highest BCUT2D eigenvalue weighted by atomic mass is 79.9. The van der Waals surface area contributed by atoms with Gasteiger partial charge in [0.15, 0.2) is 0 Å². The van der Waals surface area contributed by atoms with Crippen LogP contribution in [0.3, 0.4) is 0 Å². The fourth-order valence-corrected chi connectivity index (χ4v) is 4.05. The minimum absolute atomic E-state index is 0.748. The number of likely N-dealkylation sites (tertiary alicyclic amines) is 1. The van der Waals surface area contributed by atoms with Crippen LogP contribution in [0.5, 0.6) is 0 Å². The summed E-state index contributed by atoms with van der Waals surface area (Å²) in [7, 11) is 0. The highest BCUT2D eigenvalue weighted by Crippen LogP contribution is 2.30. The standard InChI is InChI=1S/C15H21BrClN3/c16-13-9-14(17)15(18-10-13)20-7-3-12(4-8-20)11-19-5-1-2-6-19/h9-10,12H,1-8,11H2. The van der Waals surface area contributed by atoms with Crippen molar-refractivity contribution in [2.45, 2.75) is 25.7 Å². The molecule has 110 valence electrons. The van der Waals surface area contributed by atoms with Gasteiger partial charge in [0, 0.05) is 30.3 Å². The summed E-state index contributed by atoms with van der Waals surface area (Å²) in [5.41, 5.74) is 0. The van der Waals surface area contributed by atoms with Crippen LogP contribution in [0.2, 0.25) is 5.02 Å². The van der Waals surface area contributed by atoms with Crippen molar-refractivity contribution < 1.29 is 0 Å². The average Bonchev–Trinajstić information content (AvgIpc) is 2.93. The topological polar surface area (TPSA) is 19.4 Å². The first-order valence-electron chi connectivity index (χ1n) is 7.51. The number of aromatic nitrogens is 1. The molecule has 1 aromatic heterocycles. The van der Waals surface area contributed by atoms with Gasteiger partial charge in [0.25, 0.3) is 0 Å². The lowest BCUT2D eigenvalue weighted by Gasteiger charge is -2.34. The molecule has 3 rings (SSSR count). The molecule has 0 saturated carbocycles. The molecular formula is C15H21BrClN3. The normalized spacial score (nSPS) is 21.6. The largest absolute Gasteiger partial charge is 0.355 e. The quantitative estimate of drug-likeness (QED) is 0.819. The second-order valence-corrected chi connectivity index (χ2v) is 7.22. The predicted molar refractivity (Wildman–Crippen MR) is 87.6 cm³/mol. The van der Waals surface area contributed by atoms with E-state index in [-0.39, 0.29) is 0 Å². The summed E-state index contributed by atoms with van der Waals surface area (Å²) >= 11 is 9.70. The molecule has 2 aliphatic heterocycles. The summed E-state index contributed by atoms with van der Waals surface area (Å²) in [5.74, 6) is 1.79. The predicted octanol–water partition coefficient (Wildman–Crippen LogP) is 3.81. The zero-order valence-electron chi connectivity index (χ0n) is 11.7. The van der Waals surface area contributed by atoms with Crippen LogP contribution in [0.4, 0.5) is 5.82 Å². The third-order valence-electron chi connectivity index (χ3n) is 4.42. The van der Waals surface area contributed by atoms with Crippen molar-refractivity contribution in [3.8, 4) is 0 Å². The molecule has 2 fully saturated rings. The first-order valence-corrected chi connectivity index (χ1v) is 8.68. The fraction of sp³-hybridized carbons (Fsp3) is 0.667. The highest BCUT2D eigenvalue weighted by molar-refractivity contribution is 9.10. The molecule has 2 saturated heterocycles. The summed E-state index contributed by atoms with van der Waals surface area (Å²) in [6, 6.07) is 1.93. The minimum atomic E-state index is 0.748. The summed E-state index contributed by atoms with van der Waals surface area (Å²) < 4.78 is 0.940. The first-order chi connectivity index (χ1) is 9.72. The summed E-state index contributed by atoms with van der Waals surface area (Å²) in [6.45, 7) is 6.05. The van der Waals surface area contributed by atoms with Crippen molar-refractivity contribution in [2.75, 3.05) is 37.6 Å². The van der Waals surface area contributed by atoms with Gasteiger partial charge in [0.05, 0.1) is 5.02 Å². The third kappa shape index (κ3) is 3.46. The number of anilines is 1. The van der Waals surface area contributed by atoms with Crippen molar-refractivity contribution in [3.05, 3.63) is 21.8 Å². The molecule has 20 heavy (non-hydrogen) atoms. The minimum Gasteiger partial charge on any atom is -0.355 e. The van der Waals surface area contributed by atoms with Crippen LogP contribution >= 0.6 is 27.5 Å². The third-order valence-corrected chi connectivity index (χ3v) is 5.13. The Morgan fingerprint density at radius 3 is 2.55 bits per heavy atom. The van der Waals surface area contributed by atoms with Crippen LogP contribution in [-0.2, 0) is 0 Å². The maximum atomic E-state index is 6.29. The van der Waals surface area contributed by atoms with E-state index in [1.165, 1.54) is 45.3 Å². The van der Waals surface area contributed by atoms with Crippen LogP contribution in [0, 0.1) is 5.92 Å². The molecule has 0 N–H and O–H groups in total. The lowest BCUT2D eigenvalue weighted by atomic mass is 9.96. The molecule has 2 aliphatic rings. The van der Waals surface area contributed by atoms with E-state index < -0.39 is 0 Å². The Balaban J connectivity index is 1.55. The number of hydrogen-bond donors (Lipinski definition) is 0. The zero-order chi connectivity index (χ0) is 13.9. The van der Waals surface area contributed by atoms with Gasteiger partial charge in [-0.2, -0.15) is 0 Å². The lowest BCUT2D eigenvalue weighted by Crippen LogP contribution is -2.38. The van der Waals surface area contributed by atoms with Crippen LogP contribution in [-0.4, -0.2) is 42.6 Å². The number of piperidine rings is 1. The number of pyridine rings is 1. The van der Waals surface area contributed by atoms with E-state index in [4.69, 9.17) is 11.6 Å². The van der Waals surface area contributed by atoms with Gasteiger partial charge in [-0.05, 0) is 66.7 Å². The molecule has 0 radical (unpaired) electrons. The Kier molecular flexibility index (Phi) is 4.84. The molecule has 0 atom stereocenters. The maximum Gasteiger partial charge on any atom is 0.147 e. The van der Waals surface area contributed by atoms with E-state index in [1.807, 2.05) is 12.3 Å². The molecule has 0 spiro atoms. The summed E-state index contributed by atoms with van der Waals surface area (Å²) in [4.78, 5) is 9.43. The molecule has 0 aliphatic carbocycles. The molecule has 0 amide bonds.